The van der Waals surface area contributed by atoms with E-state index in [1.54, 1.807) is 22.7 Å². The first kappa shape index (κ1) is 22.7. The molecule has 31 heavy (non-hydrogen) atoms. The van der Waals surface area contributed by atoms with Gasteiger partial charge in [0.1, 0.15) is 4.90 Å². The van der Waals surface area contributed by atoms with Gasteiger partial charge in [-0.05, 0) is 50.5 Å². The number of hydrogen-bond acceptors (Lipinski definition) is 6. The fourth-order valence-corrected chi connectivity index (χ4v) is 9.44. The van der Waals surface area contributed by atoms with Gasteiger partial charge < -0.3 is 0 Å². The number of rotatable bonds is 8. The molecule has 0 spiro atoms. The lowest BCUT2D eigenvalue weighted by Crippen LogP contribution is -2.35. The molecule has 0 radical (unpaired) electrons. The molecule has 4 rings (SSSR count). The van der Waals surface area contributed by atoms with Crippen LogP contribution in [0, 0.1) is 19.8 Å². The molecule has 3 aromatic heterocycles. The molecular formula is C23H27NO3S4. The van der Waals surface area contributed by atoms with Crippen LogP contribution in [0.2, 0.25) is 0 Å². The molecule has 0 N–H and O–H groups in total. The Balaban J connectivity index is 1.85. The second kappa shape index (κ2) is 8.81. The van der Waals surface area contributed by atoms with E-state index >= 15 is 0 Å². The van der Waals surface area contributed by atoms with Crippen molar-refractivity contribution < 1.29 is 13.2 Å². The number of thiophene rings is 3. The van der Waals surface area contributed by atoms with Crippen LogP contribution >= 0.6 is 34.0 Å². The molecule has 1 amide bonds. The van der Waals surface area contributed by atoms with Crippen molar-refractivity contribution in [2.24, 2.45) is 5.92 Å². The fourth-order valence-electron chi connectivity index (χ4n) is 3.98. The normalized spacial score (nSPS) is 16.1. The zero-order chi connectivity index (χ0) is 22.3. The van der Waals surface area contributed by atoms with Gasteiger partial charge in [-0.15, -0.1) is 34.0 Å². The maximum atomic E-state index is 13.7. The molecule has 0 bridgehead atoms. The molecule has 3 aromatic rings. The van der Waals surface area contributed by atoms with Gasteiger partial charge in [0.2, 0.25) is 0 Å². The summed E-state index contributed by atoms with van der Waals surface area (Å²) in [5.41, 5.74) is 0.373. The van der Waals surface area contributed by atoms with E-state index in [1.807, 2.05) is 38.1 Å². The average molecular weight is 494 g/mol. The quantitative estimate of drug-likeness (QED) is 0.334. The molecule has 0 saturated heterocycles. The van der Waals surface area contributed by atoms with Gasteiger partial charge >= 0.3 is 0 Å². The van der Waals surface area contributed by atoms with E-state index in [-0.39, 0.29) is 23.3 Å². The average Bonchev–Trinajstić information content (AvgIpc) is 3.47. The Hall–Kier alpha value is -1.48. The molecule has 0 fully saturated rings. The van der Waals surface area contributed by atoms with Crippen molar-refractivity contribution in [3.05, 3.63) is 39.6 Å². The Bertz CT molecular complexity index is 1220. The molecule has 4 heterocycles. The standard InChI is InChI=1S/C23H27NO3S4/c1-5-7-8-16(6-2)13-24-23(25)19-20(17-11-9-14(3)28-17)30-21(22(19)31(24,26)27)18-12-10-15(4)29-18/h9-12,16H,5-8,13H2,1-4H3. The maximum absolute atomic E-state index is 13.7. The number of hydrogen-bond donors (Lipinski definition) is 0. The monoisotopic (exact) mass is 493 g/mol. The zero-order valence-corrected chi connectivity index (χ0v) is 21.5. The minimum Gasteiger partial charge on any atom is -0.268 e. The van der Waals surface area contributed by atoms with Gasteiger partial charge in [0.15, 0.2) is 0 Å². The summed E-state index contributed by atoms with van der Waals surface area (Å²) >= 11 is 4.61. The highest BCUT2D eigenvalue weighted by Crippen LogP contribution is 2.52. The Morgan fingerprint density at radius 2 is 1.55 bits per heavy atom. The summed E-state index contributed by atoms with van der Waals surface area (Å²) in [7, 11) is -3.87. The SMILES string of the molecule is CCCCC(CC)CN1C(=O)c2c(-c3ccc(C)s3)sc(-c3ccc(C)s3)c2S1(=O)=O. The highest BCUT2D eigenvalue weighted by atomic mass is 32.2. The lowest BCUT2D eigenvalue weighted by molar-refractivity contribution is 0.0855. The van der Waals surface area contributed by atoms with Gasteiger partial charge in [-0.1, -0.05) is 33.1 Å². The number of aryl methyl sites for hydroxylation is 2. The van der Waals surface area contributed by atoms with Crippen molar-refractivity contribution >= 4 is 49.9 Å². The molecule has 166 valence electrons. The van der Waals surface area contributed by atoms with E-state index in [2.05, 4.69) is 13.8 Å². The number of fused-ring (bicyclic) bond motifs is 1. The van der Waals surface area contributed by atoms with E-state index < -0.39 is 10.0 Å². The van der Waals surface area contributed by atoms with Crippen molar-refractivity contribution in [2.45, 2.75) is 58.3 Å². The van der Waals surface area contributed by atoms with Crippen LogP contribution in [0.15, 0.2) is 29.2 Å². The minimum absolute atomic E-state index is 0.186. The van der Waals surface area contributed by atoms with Crippen LogP contribution in [0.5, 0.6) is 0 Å². The molecule has 1 aliphatic rings. The Labute approximate surface area is 196 Å². The summed E-state index contributed by atoms with van der Waals surface area (Å²) in [6.45, 7) is 8.50. The van der Waals surface area contributed by atoms with E-state index in [1.165, 1.54) is 11.3 Å². The highest BCUT2D eigenvalue weighted by molar-refractivity contribution is 7.90. The van der Waals surface area contributed by atoms with Gasteiger partial charge in [0.05, 0.1) is 15.3 Å². The number of carbonyl (C=O) groups excluding carboxylic acids is 1. The summed E-state index contributed by atoms with van der Waals surface area (Å²) in [5.74, 6) is -0.173. The van der Waals surface area contributed by atoms with Crippen LogP contribution in [0.25, 0.3) is 19.5 Å². The summed E-state index contributed by atoms with van der Waals surface area (Å²) < 4.78 is 28.5. The summed E-state index contributed by atoms with van der Waals surface area (Å²) in [6, 6.07) is 7.98. The van der Waals surface area contributed by atoms with Gasteiger partial charge in [0.25, 0.3) is 15.9 Å². The van der Waals surface area contributed by atoms with Gasteiger partial charge in [-0.25, -0.2) is 12.7 Å². The van der Waals surface area contributed by atoms with Crippen LogP contribution < -0.4 is 0 Å². The minimum atomic E-state index is -3.87. The first-order valence-corrected chi connectivity index (χ1v) is 14.5. The third kappa shape index (κ3) is 4.03. The molecule has 0 aromatic carbocycles. The molecular weight excluding hydrogens is 467 g/mol. The first-order valence-electron chi connectivity index (χ1n) is 10.6. The fraction of sp³-hybridized carbons (Fsp3) is 0.435. The van der Waals surface area contributed by atoms with Crippen molar-refractivity contribution in [1.29, 1.82) is 0 Å². The van der Waals surface area contributed by atoms with Crippen molar-refractivity contribution in [3.63, 3.8) is 0 Å². The van der Waals surface area contributed by atoms with E-state index in [0.29, 0.717) is 10.4 Å². The van der Waals surface area contributed by atoms with Gasteiger partial charge in [-0.2, -0.15) is 0 Å². The van der Waals surface area contributed by atoms with Crippen LogP contribution in [-0.4, -0.2) is 25.2 Å². The number of carbonyl (C=O) groups is 1. The first-order chi connectivity index (χ1) is 14.8. The summed E-state index contributed by atoms with van der Waals surface area (Å²) in [5, 5.41) is 0. The van der Waals surface area contributed by atoms with Crippen LogP contribution in [0.4, 0.5) is 0 Å². The maximum Gasteiger partial charge on any atom is 0.270 e. The van der Waals surface area contributed by atoms with E-state index in [0.717, 1.165) is 54.4 Å². The molecule has 4 nitrogen and oxygen atoms in total. The van der Waals surface area contributed by atoms with E-state index in [4.69, 9.17) is 0 Å². The molecule has 1 atom stereocenters. The van der Waals surface area contributed by atoms with Crippen LogP contribution in [0.3, 0.4) is 0 Å². The molecule has 8 heteroatoms. The van der Waals surface area contributed by atoms with Crippen molar-refractivity contribution in [3.8, 4) is 19.5 Å². The Morgan fingerprint density at radius 1 is 0.935 bits per heavy atom. The number of unbranched alkanes of at least 4 members (excludes halogenated alkanes) is 1. The lowest BCUT2D eigenvalue weighted by atomic mass is 9.99. The number of amides is 1. The van der Waals surface area contributed by atoms with Gasteiger partial charge in [-0.3, -0.25) is 4.79 Å². The van der Waals surface area contributed by atoms with Crippen molar-refractivity contribution in [2.75, 3.05) is 6.54 Å². The van der Waals surface area contributed by atoms with Crippen LogP contribution in [0.1, 0.15) is 59.6 Å². The summed E-state index contributed by atoms with van der Waals surface area (Å²) in [6.07, 6.45) is 3.91. The highest BCUT2D eigenvalue weighted by Gasteiger charge is 2.47. The third-order valence-corrected chi connectivity index (χ3v) is 11.2. The zero-order valence-electron chi connectivity index (χ0n) is 18.2. The Kier molecular flexibility index (Phi) is 6.45. The summed E-state index contributed by atoms with van der Waals surface area (Å²) in [4.78, 5) is 19.4. The second-order valence-corrected chi connectivity index (χ2v) is 13.4. The topological polar surface area (TPSA) is 54.5 Å². The number of nitrogens with zero attached hydrogens (tertiary/aromatic N) is 1. The van der Waals surface area contributed by atoms with Gasteiger partial charge in [0, 0.05) is 26.1 Å². The molecule has 1 aliphatic heterocycles. The smallest absolute Gasteiger partial charge is 0.268 e. The predicted molar refractivity (Wildman–Crippen MR) is 132 cm³/mol. The molecule has 1 unspecified atom stereocenters. The lowest BCUT2D eigenvalue weighted by Gasteiger charge is -2.22. The second-order valence-electron chi connectivity index (χ2n) is 8.04. The Morgan fingerprint density at radius 3 is 2.06 bits per heavy atom. The molecule has 0 aliphatic carbocycles. The molecule has 0 saturated carbocycles. The predicted octanol–water partition coefficient (Wildman–Crippen LogP) is 7.18. The van der Waals surface area contributed by atoms with Crippen LogP contribution in [-0.2, 0) is 10.0 Å². The van der Waals surface area contributed by atoms with E-state index in [9.17, 15) is 13.2 Å². The number of sulfonamides is 1. The van der Waals surface area contributed by atoms with Crippen molar-refractivity contribution in [1.82, 2.24) is 4.31 Å². The third-order valence-electron chi connectivity index (χ3n) is 5.75. The largest absolute Gasteiger partial charge is 0.270 e.